The van der Waals surface area contributed by atoms with Crippen molar-refractivity contribution in [2.45, 2.75) is 89.2 Å². The fraction of sp³-hybridized carbons (Fsp3) is 0.385. The average molecular weight is 720 g/mol. The van der Waals surface area contributed by atoms with Crippen LogP contribution < -0.4 is 10.6 Å². The molecule has 0 aliphatic heterocycles. The van der Waals surface area contributed by atoms with Gasteiger partial charge in [0, 0.05) is 24.8 Å². The lowest BCUT2D eigenvalue weighted by atomic mass is 9.94. The van der Waals surface area contributed by atoms with Gasteiger partial charge in [0.05, 0.1) is 9.65 Å². The first-order chi connectivity index (χ1) is 23.8. The van der Waals surface area contributed by atoms with Crippen molar-refractivity contribution < 1.29 is 37.4 Å². The van der Waals surface area contributed by atoms with Crippen molar-refractivity contribution in [2.75, 3.05) is 6.61 Å². The molecule has 3 amide bonds. The summed E-state index contributed by atoms with van der Waals surface area (Å²) >= 11 is 0. The molecule has 0 saturated heterocycles. The van der Waals surface area contributed by atoms with Crippen molar-refractivity contribution in [2.24, 2.45) is 0 Å². The molecule has 0 aliphatic rings. The number of aliphatic carboxylic acids is 1. The highest BCUT2D eigenvalue weighted by Crippen LogP contribution is 2.24. The molecule has 0 bridgehead atoms. The van der Waals surface area contributed by atoms with Crippen LogP contribution in [0.2, 0.25) is 0 Å². The first kappa shape index (κ1) is 40.5. The number of benzene rings is 3. The highest BCUT2D eigenvalue weighted by Gasteiger charge is 2.41. The molecule has 0 saturated carbocycles. The number of rotatable bonds is 15. The van der Waals surface area contributed by atoms with E-state index in [1.807, 2.05) is 12.1 Å². The maximum atomic E-state index is 14.6. The molecule has 0 fully saturated rings. The Bertz CT molecular complexity index is 1770. The zero-order chi connectivity index (χ0) is 38.0. The zero-order valence-corrected chi connectivity index (χ0v) is 30.9. The summed E-state index contributed by atoms with van der Waals surface area (Å²) < 4.78 is 29.5. The number of hydrogen-bond acceptors (Lipinski definition) is 7. The number of nitrogens with one attached hydrogen (secondary N) is 2. The molecule has 0 aromatic heterocycles. The SMILES string of the molecule is C=C(COC(=O)N[C@@H](Cc1ccccc1)C(=O)N[C@@H](Cc1ccccc1)C(=O)N([C@@H](Cc1ccccc1)C(=O)O)C(C)(C)C)S(=O)(=O)C(C)(C)C. The molecular weight excluding hydrogens is 671 g/mol. The number of nitrogens with zero attached hydrogens (tertiary/aromatic N) is 1. The van der Waals surface area contributed by atoms with Crippen molar-refractivity contribution in [1.82, 2.24) is 15.5 Å². The Hall–Kier alpha value is -4.97. The topological polar surface area (TPSA) is 159 Å². The Labute approximate surface area is 301 Å². The summed E-state index contributed by atoms with van der Waals surface area (Å²) in [4.78, 5) is 55.5. The lowest BCUT2D eigenvalue weighted by Crippen LogP contribution is -2.62. The van der Waals surface area contributed by atoms with Gasteiger partial charge in [-0.05, 0) is 58.2 Å². The van der Waals surface area contributed by atoms with Gasteiger partial charge in [0.25, 0.3) is 0 Å². The third-order valence-electron chi connectivity index (χ3n) is 8.17. The molecule has 0 spiro atoms. The Balaban J connectivity index is 1.96. The van der Waals surface area contributed by atoms with E-state index >= 15 is 0 Å². The second-order valence-corrected chi connectivity index (χ2v) is 17.1. The minimum atomic E-state index is -3.84. The molecule has 3 atom stereocenters. The molecule has 274 valence electrons. The Morgan fingerprint density at radius 3 is 1.57 bits per heavy atom. The van der Waals surface area contributed by atoms with E-state index in [2.05, 4.69) is 17.2 Å². The normalized spacial score (nSPS) is 13.6. The maximum absolute atomic E-state index is 14.6. The van der Waals surface area contributed by atoms with Crippen molar-refractivity contribution in [3.8, 4) is 0 Å². The Kier molecular flexibility index (Phi) is 13.7. The lowest BCUT2D eigenvalue weighted by Gasteiger charge is -2.42. The van der Waals surface area contributed by atoms with Crippen LogP contribution in [0.25, 0.3) is 0 Å². The fourth-order valence-corrected chi connectivity index (χ4v) is 6.55. The van der Waals surface area contributed by atoms with Gasteiger partial charge in [-0.1, -0.05) is 97.6 Å². The molecule has 0 heterocycles. The molecular formula is C39H49N3O8S. The number of carboxylic acids is 1. The van der Waals surface area contributed by atoms with Crippen LogP contribution in [-0.4, -0.2) is 77.3 Å². The molecule has 3 rings (SSSR count). The summed E-state index contributed by atoms with van der Waals surface area (Å²) in [5.74, 6) is -2.55. The van der Waals surface area contributed by atoms with Crippen molar-refractivity contribution >= 4 is 33.7 Å². The molecule has 3 N–H and O–H groups in total. The number of carboxylic acid groups (broad SMARTS) is 1. The van der Waals surface area contributed by atoms with E-state index in [0.717, 1.165) is 5.56 Å². The molecule has 0 unspecified atom stereocenters. The van der Waals surface area contributed by atoms with Crippen LogP contribution in [0.3, 0.4) is 0 Å². The summed E-state index contributed by atoms with van der Waals surface area (Å²) in [5, 5.41) is 15.7. The van der Waals surface area contributed by atoms with Crippen LogP contribution in [0, 0.1) is 0 Å². The van der Waals surface area contributed by atoms with Crippen molar-refractivity contribution in [3.05, 3.63) is 119 Å². The molecule has 51 heavy (non-hydrogen) atoms. The van der Waals surface area contributed by atoms with Gasteiger partial charge in [0.1, 0.15) is 24.7 Å². The van der Waals surface area contributed by atoms with Crippen molar-refractivity contribution in [1.29, 1.82) is 0 Å². The summed E-state index contributed by atoms with van der Waals surface area (Å²) in [6.45, 7) is 12.7. The first-order valence-corrected chi connectivity index (χ1v) is 18.1. The van der Waals surface area contributed by atoms with E-state index < -0.39 is 68.7 Å². The molecule has 12 heteroatoms. The third kappa shape index (κ3) is 11.5. The summed E-state index contributed by atoms with van der Waals surface area (Å²) in [5.41, 5.74) is 1.15. The molecule has 3 aromatic carbocycles. The minimum absolute atomic E-state index is 0.00397. The van der Waals surface area contributed by atoms with Gasteiger partial charge < -0.3 is 25.4 Å². The Morgan fingerprint density at radius 1 is 0.725 bits per heavy atom. The number of sulfone groups is 1. The molecule has 0 radical (unpaired) electrons. The van der Waals surface area contributed by atoms with Crippen LogP contribution >= 0.6 is 0 Å². The molecule has 11 nitrogen and oxygen atoms in total. The quantitative estimate of drug-likeness (QED) is 0.196. The van der Waals surface area contributed by atoms with Gasteiger partial charge in [-0.3, -0.25) is 9.59 Å². The van der Waals surface area contributed by atoms with Crippen LogP contribution in [0.5, 0.6) is 0 Å². The summed E-state index contributed by atoms with van der Waals surface area (Å²) in [7, 11) is -3.84. The minimum Gasteiger partial charge on any atom is -0.480 e. The Morgan fingerprint density at radius 2 is 1.16 bits per heavy atom. The lowest BCUT2D eigenvalue weighted by molar-refractivity contribution is -0.156. The predicted octanol–water partition coefficient (Wildman–Crippen LogP) is 5.10. The number of ether oxygens (including phenoxy) is 1. The predicted molar refractivity (Wildman–Crippen MR) is 196 cm³/mol. The second-order valence-electron chi connectivity index (χ2n) is 14.3. The van der Waals surface area contributed by atoms with Crippen LogP contribution in [0.15, 0.2) is 102 Å². The average Bonchev–Trinajstić information content (AvgIpc) is 3.06. The number of carbonyl (C=O) groups excluding carboxylic acids is 3. The smallest absolute Gasteiger partial charge is 0.408 e. The molecule has 3 aromatic rings. The van der Waals surface area contributed by atoms with Gasteiger partial charge in [-0.2, -0.15) is 0 Å². The van der Waals surface area contributed by atoms with Gasteiger partial charge in [-0.15, -0.1) is 0 Å². The highest BCUT2D eigenvalue weighted by molar-refractivity contribution is 7.96. The maximum Gasteiger partial charge on any atom is 0.408 e. The number of carbonyl (C=O) groups is 4. The standard InChI is InChI=1S/C39H49N3O8S/c1-27(51(48,49)39(5,6)7)26-50-37(47)41-31(23-28-17-11-8-12-18-28)34(43)40-32(24-29-19-13-9-14-20-29)35(44)42(38(2,3)4)33(36(45)46)25-30-21-15-10-16-22-30/h8-22,31-33H,1,23-26H2,2-7H3,(H,40,43)(H,41,47)(H,45,46)/t31-,32-,33-/m0/s1. The van der Waals surface area contributed by atoms with E-state index in [4.69, 9.17) is 4.74 Å². The number of amides is 3. The largest absolute Gasteiger partial charge is 0.480 e. The zero-order valence-electron chi connectivity index (χ0n) is 30.1. The van der Waals surface area contributed by atoms with E-state index in [1.165, 1.54) is 25.7 Å². The monoisotopic (exact) mass is 719 g/mol. The summed E-state index contributed by atoms with van der Waals surface area (Å²) in [6, 6.07) is 23.1. The van der Waals surface area contributed by atoms with Gasteiger partial charge in [0.15, 0.2) is 9.84 Å². The number of alkyl carbamates (subject to hydrolysis) is 1. The van der Waals surface area contributed by atoms with E-state index in [9.17, 15) is 32.7 Å². The van der Waals surface area contributed by atoms with Crippen LogP contribution in [-0.2, 0) is 48.2 Å². The van der Waals surface area contributed by atoms with E-state index in [0.29, 0.717) is 11.1 Å². The number of hydrogen-bond donors (Lipinski definition) is 3. The van der Waals surface area contributed by atoms with Crippen molar-refractivity contribution in [3.63, 3.8) is 0 Å². The summed E-state index contributed by atoms with van der Waals surface area (Å²) in [6.07, 6.45) is -0.995. The van der Waals surface area contributed by atoms with Crippen LogP contribution in [0.1, 0.15) is 58.2 Å². The van der Waals surface area contributed by atoms with Gasteiger partial charge in [0.2, 0.25) is 11.8 Å². The highest BCUT2D eigenvalue weighted by atomic mass is 32.2. The fourth-order valence-electron chi connectivity index (χ4n) is 5.47. The second kappa shape index (κ2) is 17.3. The van der Waals surface area contributed by atoms with Crippen LogP contribution in [0.4, 0.5) is 4.79 Å². The first-order valence-electron chi connectivity index (χ1n) is 16.6. The molecule has 0 aliphatic carbocycles. The third-order valence-corrected chi connectivity index (χ3v) is 10.7. The van der Waals surface area contributed by atoms with Gasteiger partial charge >= 0.3 is 12.1 Å². The van der Waals surface area contributed by atoms with Gasteiger partial charge in [-0.25, -0.2) is 18.0 Å². The van der Waals surface area contributed by atoms with E-state index in [-0.39, 0.29) is 24.2 Å². The van der Waals surface area contributed by atoms with E-state index in [1.54, 1.807) is 99.6 Å².